The number of carbonyl (C=O) groups is 1. The van der Waals surface area contributed by atoms with Crippen LogP contribution in [0, 0.1) is 19.7 Å². The van der Waals surface area contributed by atoms with Crippen LogP contribution < -0.4 is 5.32 Å². The molecule has 2 rings (SSSR count). The molecule has 1 atom stereocenters. The topological polar surface area (TPSA) is 46.9 Å². The van der Waals surface area contributed by atoms with Gasteiger partial charge in [0, 0.05) is 18.7 Å². The summed E-state index contributed by atoms with van der Waals surface area (Å²) >= 11 is 3.48. The first-order valence-electron chi connectivity index (χ1n) is 7.60. The van der Waals surface area contributed by atoms with E-state index in [1.165, 1.54) is 12.1 Å². The van der Waals surface area contributed by atoms with Crippen LogP contribution in [-0.4, -0.2) is 22.2 Å². The molecular weight excluding hydrogens is 361 g/mol. The molecule has 23 heavy (non-hydrogen) atoms. The summed E-state index contributed by atoms with van der Waals surface area (Å²) in [6.07, 6.45) is 0.380. The highest BCUT2D eigenvalue weighted by Crippen LogP contribution is 2.20. The molecule has 1 aromatic heterocycles. The molecule has 0 spiro atoms. The Balaban J connectivity index is 1.80. The Bertz CT molecular complexity index is 682. The van der Waals surface area contributed by atoms with Crippen LogP contribution in [0.5, 0.6) is 0 Å². The molecule has 0 aliphatic rings. The molecule has 0 bridgehead atoms. The van der Waals surface area contributed by atoms with E-state index in [4.69, 9.17) is 0 Å². The first-order valence-corrected chi connectivity index (χ1v) is 8.39. The van der Waals surface area contributed by atoms with E-state index < -0.39 is 0 Å². The normalized spacial score (nSPS) is 12.2. The fourth-order valence-corrected chi connectivity index (χ4v) is 2.65. The first-order chi connectivity index (χ1) is 10.9. The summed E-state index contributed by atoms with van der Waals surface area (Å²) in [7, 11) is 0. The summed E-state index contributed by atoms with van der Waals surface area (Å²) in [4.78, 5) is 12.0. The SMILES string of the molecule is Cc1nn(CCC(=O)NCC(C)c2ccc(F)cc2)c(C)c1Br. The van der Waals surface area contributed by atoms with E-state index in [1.54, 1.807) is 12.1 Å². The quantitative estimate of drug-likeness (QED) is 0.828. The van der Waals surface area contributed by atoms with Gasteiger partial charge in [0.15, 0.2) is 0 Å². The van der Waals surface area contributed by atoms with Gasteiger partial charge in [0.25, 0.3) is 0 Å². The average molecular weight is 382 g/mol. The monoisotopic (exact) mass is 381 g/mol. The second kappa shape index (κ2) is 7.73. The third kappa shape index (κ3) is 4.64. The lowest BCUT2D eigenvalue weighted by Crippen LogP contribution is -2.28. The predicted octanol–water partition coefficient (Wildman–Crippen LogP) is 3.71. The molecule has 1 heterocycles. The van der Waals surface area contributed by atoms with Gasteiger partial charge in [-0.3, -0.25) is 9.48 Å². The Morgan fingerprint density at radius 1 is 1.35 bits per heavy atom. The van der Waals surface area contributed by atoms with Gasteiger partial charge in [-0.25, -0.2) is 4.39 Å². The van der Waals surface area contributed by atoms with Gasteiger partial charge in [-0.1, -0.05) is 19.1 Å². The summed E-state index contributed by atoms with van der Waals surface area (Å²) in [5.41, 5.74) is 2.96. The highest BCUT2D eigenvalue weighted by molar-refractivity contribution is 9.10. The molecule has 0 aliphatic carbocycles. The Hall–Kier alpha value is -1.69. The molecule has 6 heteroatoms. The number of halogens is 2. The van der Waals surface area contributed by atoms with Crippen LogP contribution in [0.25, 0.3) is 0 Å². The summed E-state index contributed by atoms with van der Waals surface area (Å²) in [6.45, 7) is 6.99. The number of amides is 1. The van der Waals surface area contributed by atoms with Crippen LogP contribution in [0.1, 0.15) is 36.2 Å². The Morgan fingerprint density at radius 2 is 2.00 bits per heavy atom. The van der Waals surface area contributed by atoms with E-state index in [-0.39, 0.29) is 17.6 Å². The average Bonchev–Trinajstić information content (AvgIpc) is 2.78. The number of hydrogen-bond donors (Lipinski definition) is 1. The maximum Gasteiger partial charge on any atom is 0.221 e. The second-order valence-electron chi connectivity index (χ2n) is 5.71. The molecule has 1 unspecified atom stereocenters. The minimum absolute atomic E-state index is 0.0114. The van der Waals surface area contributed by atoms with Crippen molar-refractivity contribution in [1.29, 1.82) is 0 Å². The lowest BCUT2D eigenvalue weighted by atomic mass is 10.0. The van der Waals surface area contributed by atoms with Gasteiger partial charge in [0.05, 0.1) is 16.7 Å². The van der Waals surface area contributed by atoms with Gasteiger partial charge in [0.1, 0.15) is 5.82 Å². The molecule has 0 radical (unpaired) electrons. The number of aromatic nitrogens is 2. The van der Waals surface area contributed by atoms with Crippen LogP contribution in [0.4, 0.5) is 4.39 Å². The molecule has 0 aliphatic heterocycles. The summed E-state index contributed by atoms with van der Waals surface area (Å²) in [5.74, 6) is -0.119. The maximum absolute atomic E-state index is 12.9. The molecule has 0 saturated carbocycles. The summed E-state index contributed by atoms with van der Waals surface area (Å²) in [5, 5.41) is 7.31. The Kier molecular flexibility index (Phi) is 5.93. The van der Waals surface area contributed by atoms with Crippen LogP contribution in [0.15, 0.2) is 28.7 Å². The van der Waals surface area contributed by atoms with Gasteiger partial charge in [-0.15, -0.1) is 0 Å². The highest BCUT2D eigenvalue weighted by atomic mass is 79.9. The number of nitrogens with zero attached hydrogens (tertiary/aromatic N) is 2. The van der Waals surface area contributed by atoms with Gasteiger partial charge in [-0.2, -0.15) is 5.10 Å². The molecule has 1 amide bonds. The number of rotatable bonds is 6. The number of nitrogens with one attached hydrogen (secondary N) is 1. The van der Waals surface area contributed by atoms with Crippen molar-refractivity contribution in [2.24, 2.45) is 0 Å². The minimum atomic E-state index is -0.249. The summed E-state index contributed by atoms with van der Waals surface area (Å²) < 4.78 is 15.7. The molecule has 0 saturated heterocycles. The molecule has 4 nitrogen and oxygen atoms in total. The first kappa shape index (κ1) is 17.7. The fourth-order valence-electron chi connectivity index (χ4n) is 2.36. The minimum Gasteiger partial charge on any atom is -0.355 e. The van der Waals surface area contributed by atoms with Crippen LogP contribution in [0.3, 0.4) is 0 Å². The highest BCUT2D eigenvalue weighted by Gasteiger charge is 2.11. The molecule has 0 fully saturated rings. The van der Waals surface area contributed by atoms with E-state index >= 15 is 0 Å². The number of benzene rings is 1. The zero-order chi connectivity index (χ0) is 17.0. The smallest absolute Gasteiger partial charge is 0.221 e. The maximum atomic E-state index is 12.9. The van der Waals surface area contributed by atoms with Gasteiger partial charge in [0.2, 0.25) is 5.91 Å². The van der Waals surface area contributed by atoms with E-state index in [1.807, 2.05) is 25.5 Å². The van der Waals surface area contributed by atoms with Crippen molar-refractivity contribution in [3.63, 3.8) is 0 Å². The lowest BCUT2D eigenvalue weighted by molar-refractivity contribution is -0.121. The molecule has 124 valence electrons. The van der Waals surface area contributed by atoms with E-state index in [0.29, 0.717) is 19.5 Å². The standard InChI is InChI=1S/C17H21BrFN3O/c1-11(14-4-6-15(19)7-5-14)10-20-16(23)8-9-22-13(3)17(18)12(2)21-22/h4-7,11H,8-10H2,1-3H3,(H,20,23). The van der Waals surface area contributed by atoms with Crippen molar-refractivity contribution in [2.45, 2.75) is 39.7 Å². The number of aryl methyl sites for hydroxylation is 2. The molecular formula is C17H21BrFN3O. The van der Waals surface area contributed by atoms with Crippen LogP contribution >= 0.6 is 15.9 Å². The van der Waals surface area contributed by atoms with Crippen molar-refractivity contribution in [3.05, 3.63) is 51.5 Å². The summed E-state index contributed by atoms with van der Waals surface area (Å²) in [6, 6.07) is 6.38. The van der Waals surface area contributed by atoms with E-state index in [9.17, 15) is 9.18 Å². The van der Waals surface area contributed by atoms with Crippen molar-refractivity contribution >= 4 is 21.8 Å². The molecule has 1 aromatic carbocycles. The second-order valence-corrected chi connectivity index (χ2v) is 6.51. The van der Waals surface area contributed by atoms with Crippen molar-refractivity contribution in [3.8, 4) is 0 Å². The lowest BCUT2D eigenvalue weighted by Gasteiger charge is -2.13. The van der Waals surface area contributed by atoms with Gasteiger partial charge >= 0.3 is 0 Å². The van der Waals surface area contributed by atoms with Crippen molar-refractivity contribution < 1.29 is 9.18 Å². The Labute approximate surface area is 144 Å². The predicted molar refractivity (Wildman–Crippen MR) is 91.8 cm³/mol. The zero-order valence-electron chi connectivity index (χ0n) is 13.6. The van der Waals surface area contributed by atoms with Gasteiger partial charge in [-0.05, 0) is 53.4 Å². The van der Waals surface area contributed by atoms with E-state index in [2.05, 4.69) is 26.3 Å². The van der Waals surface area contributed by atoms with Crippen molar-refractivity contribution in [2.75, 3.05) is 6.54 Å². The fraction of sp³-hybridized carbons (Fsp3) is 0.412. The molecule has 2 aromatic rings. The third-order valence-electron chi connectivity index (χ3n) is 3.89. The van der Waals surface area contributed by atoms with Crippen LogP contribution in [-0.2, 0) is 11.3 Å². The molecule has 1 N–H and O–H groups in total. The van der Waals surface area contributed by atoms with E-state index in [0.717, 1.165) is 21.4 Å². The van der Waals surface area contributed by atoms with Gasteiger partial charge < -0.3 is 5.32 Å². The zero-order valence-corrected chi connectivity index (χ0v) is 15.2. The Morgan fingerprint density at radius 3 is 2.57 bits per heavy atom. The number of hydrogen-bond acceptors (Lipinski definition) is 2. The largest absolute Gasteiger partial charge is 0.355 e. The third-order valence-corrected chi connectivity index (χ3v) is 5.04. The van der Waals surface area contributed by atoms with Crippen molar-refractivity contribution in [1.82, 2.24) is 15.1 Å². The van der Waals surface area contributed by atoms with Crippen LogP contribution in [0.2, 0.25) is 0 Å². The number of carbonyl (C=O) groups excluding carboxylic acids is 1.